The number of benzene rings is 2. The zero-order valence-electron chi connectivity index (χ0n) is 17.9. The first kappa shape index (κ1) is 21.6. The SMILES string of the molecule is CC1(C)OB(CC/C=C(/CO)c2cccc(OCc3ccccc3)c2)OC1(C)C. The van der Waals surface area contributed by atoms with Gasteiger partial charge in [0.25, 0.3) is 0 Å². The number of aliphatic hydroxyl groups is 1. The lowest BCUT2D eigenvalue weighted by Crippen LogP contribution is -2.41. The zero-order valence-corrected chi connectivity index (χ0v) is 17.9. The molecule has 4 nitrogen and oxygen atoms in total. The van der Waals surface area contributed by atoms with Crippen LogP contribution in [-0.4, -0.2) is 30.0 Å². The van der Waals surface area contributed by atoms with E-state index in [1.807, 2.05) is 54.6 Å². The van der Waals surface area contributed by atoms with Crippen LogP contribution in [0.3, 0.4) is 0 Å². The van der Waals surface area contributed by atoms with Crippen LogP contribution in [0.2, 0.25) is 6.32 Å². The summed E-state index contributed by atoms with van der Waals surface area (Å²) in [6.45, 7) is 8.73. The van der Waals surface area contributed by atoms with E-state index < -0.39 is 0 Å². The van der Waals surface area contributed by atoms with Crippen LogP contribution in [0.15, 0.2) is 60.7 Å². The number of hydrogen-bond donors (Lipinski definition) is 1. The van der Waals surface area contributed by atoms with Crippen LogP contribution in [0, 0.1) is 0 Å². The van der Waals surface area contributed by atoms with Gasteiger partial charge >= 0.3 is 7.12 Å². The second kappa shape index (κ2) is 9.16. The lowest BCUT2D eigenvalue weighted by atomic mass is 9.82. The van der Waals surface area contributed by atoms with Gasteiger partial charge in [-0.2, -0.15) is 0 Å². The van der Waals surface area contributed by atoms with Crippen LogP contribution in [0.5, 0.6) is 5.75 Å². The Morgan fingerprint density at radius 3 is 2.34 bits per heavy atom. The fourth-order valence-corrected chi connectivity index (χ4v) is 3.28. The van der Waals surface area contributed by atoms with Crippen molar-refractivity contribution < 1.29 is 19.2 Å². The minimum atomic E-state index is -0.314. The molecule has 0 unspecified atom stereocenters. The van der Waals surface area contributed by atoms with Crippen LogP contribution < -0.4 is 4.74 Å². The highest BCUT2D eigenvalue weighted by atomic mass is 16.7. The lowest BCUT2D eigenvalue weighted by molar-refractivity contribution is 0.00578. The molecule has 0 atom stereocenters. The first-order valence-electron chi connectivity index (χ1n) is 10.2. The fourth-order valence-electron chi connectivity index (χ4n) is 3.28. The predicted octanol–water partition coefficient (Wildman–Crippen LogP) is 5.12. The van der Waals surface area contributed by atoms with Gasteiger partial charge in [0, 0.05) is 0 Å². The average molecular weight is 394 g/mol. The van der Waals surface area contributed by atoms with Gasteiger partial charge in [-0.3, -0.25) is 0 Å². The third-order valence-electron chi connectivity index (χ3n) is 5.72. The summed E-state index contributed by atoms with van der Waals surface area (Å²) in [5, 5.41) is 9.86. The van der Waals surface area contributed by atoms with Crippen molar-refractivity contribution in [3.05, 3.63) is 71.8 Å². The van der Waals surface area contributed by atoms with E-state index in [9.17, 15) is 5.11 Å². The van der Waals surface area contributed by atoms with E-state index in [2.05, 4.69) is 33.8 Å². The predicted molar refractivity (Wildman–Crippen MR) is 118 cm³/mol. The van der Waals surface area contributed by atoms with Gasteiger partial charge in [0.05, 0.1) is 17.8 Å². The summed E-state index contributed by atoms with van der Waals surface area (Å²) in [6.07, 6.45) is 3.57. The van der Waals surface area contributed by atoms with Crippen molar-refractivity contribution in [1.29, 1.82) is 0 Å². The molecule has 0 amide bonds. The van der Waals surface area contributed by atoms with Crippen LogP contribution in [0.25, 0.3) is 5.57 Å². The number of aliphatic hydroxyl groups excluding tert-OH is 1. The molecule has 1 heterocycles. The third-order valence-corrected chi connectivity index (χ3v) is 5.72. The maximum atomic E-state index is 9.86. The molecule has 5 heteroatoms. The Hall–Kier alpha value is -2.08. The van der Waals surface area contributed by atoms with E-state index in [0.29, 0.717) is 6.61 Å². The number of allylic oxidation sites excluding steroid dienone is 1. The molecule has 0 spiro atoms. The van der Waals surface area contributed by atoms with Crippen LogP contribution >= 0.6 is 0 Å². The Morgan fingerprint density at radius 2 is 1.69 bits per heavy atom. The van der Waals surface area contributed by atoms with E-state index in [-0.39, 0.29) is 24.9 Å². The highest BCUT2D eigenvalue weighted by Crippen LogP contribution is 2.38. The molecule has 0 saturated carbocycles. The van der Waals surface area contributed by atoms with E-state index in [1.165, 1.54) is 0 Å². The molecule has 3 rings (SSSR count). The quantitative estimate of drug-likeness (QED) is 0.631. The van der Waals surface area contributed by atoms with Gasteiger partial charge in [0.2, 0.25) is 0 Å². The molecule has 1 aliphatic heterocycles. The molecule has 0 bridgehead atoms. The smallest absolute Gasteiger partial charge is 0.458 e. The summed E-state index contributed by atoms with van der Waals surface area (Å²) in [5.41, 5.74) is 2.34. The molecule has 154 valence electrons. The van der Waals surface area contributed by atoms with E-state index >= 15 is 0 Å². The van der Waals surface area contributed by atoms with Gasteiger partial charge < -0.3 is 19.2 Å². The highest BCUT2D eigenvalue weighted by Gasteiger charge is 2.50. The van der Waals surface area contributed by atoms with Crippen molar-refractivity contribution >= 4 is 12.7 Å². The summed E-state index contributed by atoms with van der Waals surface area (Å²) in [4.78, 5) is 0. The van der Waals surface area contributed by atoms with Crippen molar-refractivity contribution in [3.63, 3.8) is 0 Å². The van der Waals surface area contributed by atoms with Crippen LogP contribution in [0.4, 0.5) is 0 Å². The summed E-state index contributed by atoms with van der Waals surface area (Å²) in [6, 6.07) is 17.9. The standard InChI is InChI=1S/C24H31BO4/c1-23(2)24(3,4)29-25(28-23)15-9-13-21(17-26)20-12-8-14-22(16-20)27-18-19-10-6-5-7-11-19/h5-8,10-14,16,26H,9,15,17-18H2,1-4H3/b21-13-. The Morgan fingerprint density at radius 1 is 1.00 bits per heavy atom. The molecule has 0 aliphatic carbocycles. The van der Waals surface area contributed by atoms with Crippen molar-refractivity contribution in [2.45, 2.75) is 58.2 Å². The molecular formula is C24H31BO4. The maximum Gasteiger partial charge on any atom is 0.458 e. The summed E-state index contributed by atoms with van der Waals surface area (Å²) >= 11 is 0. The first-order chi connectivity index (χ1) is 13.8. The first-order valence-corrected chi connectivity index (χ1v) is 10.2. The second-order valence-electron chi connectivity index (χ2n) is 8.45. The Balaban J connectivity index is 1.59. The molecule has 29 heavy (non-hydrogen) atoms. The highest BCUT2D eigenvalue weighted by molar-refractivity contribution is 6.45. The summed E-state index contributed by atoms with van der Waals surface area (Å²) in [7, 11) is -0.225. The second-order valence-corrected chi connectivity index (χ2v) is 8.45. The van der Waals surface area contributed by atoms with Gasteiger partial charge in [-0.15, -0.1) is 0 Å². The molecule has 0 aromatic heterocycles. The third kappa shape index (κ3) is 5.50. The van der Waals surface area contributed by atoms with Gasteiger partial charge in [-0.1, -0.05) is 48.5 Å². The molecule has 1 fully saturated rings. The number of rotatable bonds is 8. The maximum absolute atomic E-state index is 9.86. The monoisotopic (exact) mass is 394 g/mol. The topological polar surface area (TPSA) is 47.9 Å². The Bertz CT molecular complexity index is 814. The summed E-state index contributed by atoms with van der Waals surface area (Å²) < 4.78 is 18.0. The van der Waals surface area contributed by atoms with Crippen LogP contribution in [-0.2, 0) is 15.9 Å². The minimum Gasteiger partial charge on any atom is -0.489 e. The number of hydrogen-bond acceptors (Lipinski definition) is 4. The normalized spacial score (nSPS) is 18.1. The van der Waals surface area contributed by atoms with Gasteiger partial charge in [0.15, 0.2) is 0 Å². The van der Waals surface area contributed by atoms with Crippen molar-refractivity contribution in [1.82, 2.24) is 0 Å². The van der Waals surface area contributed by atoms with E-state index in [4.69, 9.17) is 14.0 Å². The van der Waals surface area contributed by atoms with Crippen molar-refractivity contribution in [2.75, 3.05) is 6.61 Å². The van der Waals surface area contributed by atoms with Gasteiger partial charge in [-0.25, -0.2) is 0 Å². The average Bonchev–Trinajstić information content (AvgIpc) is 2.91. The summed E-state index contributed by atoms with van der Waals surface area (Å²) in [5.74, 6) is 0.789. The molecule has 1 aliphatic rings. The molecule has 1 saturated heterocycles. The van der Waals surface area contributed by atoms with E-state index in [1.54, 1.807) is 0 Å². The Kier molecular flexibility index (Phi) is 6.83. The molecule has 2 aromatic carbocycles. The fraction of sp³-hybridized carbons (Fsp3) is 0.417. The van der Waals surface area contributed by atoms with Crippen LogP contribution in [0.1, 0.15) is 45.2 Å². The molecular weight excluding hydrogens is 363 g/mol. The molecule has 1 N–H and O–H groups in total. The zero-order chi connectivity index (χ0) is 20.9. The molecule has 2 aromatic rings. The van der Waals surface area contributed by atoms with E-state index in [0.717, 1.165) is 35.2 Å². The Labute approximate surface area is 174 Å². The van der Waals surface area contributed by atoms with Gasteiger partial charge in [0.1, 0.15) is 12.4 Å². The minimum absolute atomic E-state index is 0.0223. The van der Waals surface area contributed by atoms with Crippen molar-refractivity contribution in [3.8, 4) is 5.75 Å². The molecule has 0 radical (unpaired) electrons. The number of ether oxygens (including phenoxy) is 1. The van der Waals surface area contributed by atoms with Crippen molar-refractivity contribution in [2.24, 2.45) is 0 Å². The largest absolute Gasteiger partial charge is 0.489 e. The lowest BCUT2D eigenvalue weighted by Gasteiger charge is -2.32. The van der Waals surface area contributed by atoms with Gasteiger partial charge in [-0.05, 0) is 69.3 Å².